The molecule has 0 heterocycles. The molecule has 0 aromatic carbocycles. The van der Waals surface area contributed by atoms with Crippen LogP contribution < -0.4 is 0 Å². The van der Waals surface area contributed by atoms with E-state index in [-0.39, 0.29) is 0 Å². The topological polar surface area (TPSA) is 46.2 Å². The molecule has 0 aliphatic rings. The van der Waals surface area contributed by atoms with E-state index in [0.29, 0.717) is 52.9 Å². The fourth-order valence-corrected chi connectivity index (χ4v) is 3.17. The maximum absolute atomic E-state index is 5.62. The van der Waals surface area contributed by atoms with E-state index in [2.05, 4.69) is 13.5 Å². The van der Waals surface area contributed by atoms with Crippen LogP contribution in [0.1, 0.15) is 90.4 Å². The highest BCUT2D eigenvalue weighted by Crippen LogP contribution is 2.12. The summed E-state index contributed by atoms with van der Waals surface area (Å²) in [5.41, 5.74) is 0. The predicted octanol–water partition coefficient (Wildman–Crippen LogP) is 6.30. The Morgan fingerprint density at radius 1 is 0.433 bits per heavy atom. The molecule has 0 aliphatic carbocycles. The number of hydrogen-bond donors (Lipinski definition) is 0. The van der Waals surface area contributed by atoms with Crippen LogP contribution >= 0.6 is 0 Å². The minimum absolute atomic E-state index is 0.534. The van der Waals surface area contributed by atoms with E-state index in [1.54, 1.807) is 0 Å². The van der Waals surface area contributed by atoms with Crippen LogP contribution in [0.3, 0.4) is 0 Å². The summed E-state index contributed by atoms with van der Waals surface area (Å²) in [6, 6.07) is 0. The van der Waals surface area contributed by atoms with Crippen LogP contribution in [-0.4, -0.2) is 59.5 Å². The van der Waals surface area contributed by atoms with E-state index >= 15 is 0 Å². The van der Waals surface area contributed by atoms with Crippen molar-refractivity contribution in [1.82, 2.24) is 0 Å². The lowest BCUT2D eigenvalue weighted by molar-refractivity contribution is -0.00638. The molecule has 0 amide bonds. The van der Waals surface area contributed by atoms with E-state index in [4.69, 9.17) is 23.7 Å². The Morgan fingerprint density at radius 2 is 0.767 bits per heavy atom. The molecule has 0 N–H and O–H groups in total. The van der Waals surface area contributed by atoms with Crippen LogP contribution in [0.2, 0.25) is 0 Å². The molecule has 0 aromatic heterocycles. The summed E-state index contributed by atoms with van der Waals surface area (Å²) in [6.45, 7) is 11.3. The molecule has 0 saturated heterocycles. The first-order valence-corrected chi connectivity index (χ1v) is 12.4. The van der Waals surface area contributed by atoms with Gasteiger partial charge >= 0.3 is 0 Å². The minimum atomic E-state index is 0.534. The molecule has 0 fully saturated rings. The molecule has 0 aromatic rings. The van der Waals surface area contributed by atoms with Gasteiger partial charge in [-0.1, -0.05) is 90.6 Å². The van der Waals surface area contributed by atoms with Gasteiger partial charge in [-0.25, -0.2) is 0 Å². The largest absolute Gasteiger partial charge is 0.499 e. The second kappa shape index (κ2) is 28.4. The summed E-state index contributed by atoms with van der Waals surface area (Å²) in [5, 5.41) is 0. The van der Waals surface area contributed by atoms with Crippen molar-refractivity contribution in [2.45, 2.75) is 90.4 Å². The van der Waals surface area contributed by atoms with Crippen molar-refractivity contribution < 1.29 is 23.7 Å². The van der Waals surface area contributed by atoms with Crippen LogP contribution in [0.15, 0.2) is 12.8 Å². The van der Waals surface area contributed by atoms with Crippen LogP contribution in [0.25, 0.3) is 0 Å². The van der Waals surface area contributed by atoms with Gasteiger partial charge in [-0.05, 0) is 6.42 Å². The highest BCUT2D eigenvalue weighted by Gasteiger charge is 1.95. The van der Waals surface area contributed by atoms with E-state index in [0.717, 1.165) is 6.61 Å². The summed E-state index contributed by atoms with van der Waals surface area (Å²) >= 11 is 0. The van der Waals surface area contributed by atoms with Gasteiger partial charge in [-0.3, -0.25) is 0 Å². The van der Waals surface area contributed by atoms with Gasteiger partial charge < -0.3 is 23.7 Å². The first kappa shape index (κ1) is 29.4. The van der Waals surface area contributed by atoms with Crippen LogP contribution in [0, 0.1) is 0 Å². The first-order chi connectivity index (χ1) is 14.9. The monoisotopic (exact) mass is 430 g/mol. The van der Waals surface area contributed by atoms with E-state index in [9.17, 15) is 0 Å². The van der Waals surface area contributed by atoms with Gasteiger partial charge in [0.2, 0.25) is 0 Å². The first-order valence-electron chi connectivity index (χ1n) is 12.4. The molecule has 0 rings (SSSR count). The second-order valence-corrected chi connectivity index (χ2v) is 7.73. The standard InChI is InChI=1S/C25H50O5/c1-3-5-6-7-8-9-10-11-12-13-14-15-16-17-27-20-21-29-24-25-30-23-22-28-19-18-26-4-2/h4H,2-3,5-25H2,1H3. The van der Waals surface area contributed by atoms with Gasteiger partial charge in [0.15, 0.2) is 0 Å². The fourth-order valence-electron chi connectivity index (χ4n) is 3.17. The molecular weight excluding hydrogens is 380 g/mol. The summed E-state index contributed by atoms with van der Waals surface area (Å²) < 4.78 is 26.8. The molecule has 0 radical (unpaired) electrons. The van der Waals surface area contributed by atoms with Gasteiger partial charge in [0.1, 0.15) is 6.61 Å². The normalized spacial score (nSPS) is 11.1. The lowest BCUT2D eigenvalue weighted by atomic mass is 10.0. The Kier molecular flexibility index (Phi) is 27.8. The Labute approximate surface area is 186 Å². The quantitative estimate of drug-likeness (QED) is 0.113. The van der Waals surface area contributed by atoms with Gasteiger partial charge in [0, 0.05) is 6.61 Å². The average molecular weight is 431 g/mol. The van der Waals surface area contributed by atoms with E-state index in [1.807, 2.05) is 0 Å². The summed E-state index contributed by atoms with van der Waals surface area (Å²) in [6.07, 6.45) is 19.4. The second-order valence-electron chi connectivity index (χ2n) is 7.73. The van der Waals surface area contributed by atoms with E-state index in [1.165, 1.54) is 89.7 Å². The molecule has 0 bridgehead atoms. The average Bonchev–Trinajstić information content (AvgIpc) is 2.76. The third-order valence-electron chi connectivity index (χ3n) is 4.97. The summed E-state index contributed by atoms with van der Waals surface area (Å²) in [4.78, 5) is 0. The molecule has 5 heteroatoms. The van der Waals surface area contributed by atoms with Crippen molar-refractivity contribution in [2.75, 3.05) is 59.5 Å². The highest BCUT2D eigenvalue weighted by molar-refractivity contribution is 4.49. The predicted molar refractivity (Wildman–Crippen MR) is 125 cm³/mol. The Balaban J connectivity index is 2.98. The number of rotatable bonds is 27. The molecule has 0 spiro atoms. The Morgan fingerprint density at radius 3 is 1.17 bits per heavy atom. The summed E-state index contributed by atoms with van der Waals surface area (Å²) in [7, 11) is 0. The van der Waals surface area contributed by atoms with Gasteiger partial charge in [-0.2, -0.15) is 0 Å². The minimum Gasteiger partial charge on any atom is -0.499 e. The molecule has 0 atom stereocenters. The third-order valence-corrected chi connectivity index (χ3v) is 4.97. The van der Waals surface area contributed by atoms with Crippen molar-refractivity contribution in [2.24, 2.45) is 0 Å². The third kappa shape index (κ3) is 27.4. The number of unbranched alkanes of at least 4 members (excludes halogenated alkanes) is 12. The SMILES string of the molecule is C=COCCOCCOCCOCCOCCCCCCCCCCCCCCC. The molecule has 0 aliphatic heterocycles. The fraction of sp³-hybridized carbons (Fsp3) is 0.920. The summed E-state index contributed by atoms with van der Waals surface area (Å²) in [5.74, 6) is 0. The van der Waals surface area contributed by atoms with Crippen molar-refractivity contribution in [3.05, 3.63) is 12.8 Å². The van der Waals surface area contributed by atoms with Crippen molar-refractivity contribution >= 4 is 0 Å². The maximum Gasteiger partial charge on any atom is 0.111 e. The van der Waals surface area contributed by atoms with Gasteiger partial charge in [0.05, 0.1) is 52.5 Å². The Hall–Kier alpha value is -0.620. The number of ether oxygens (including phenoxy) is 5. The van der Waals surface area contributed by atoms with E-state index < -0.39 is 0 Å². The highest BCUT2D eigenvalue weighted by atomic mass is 16.6. The number of hydrogen-bond acceptors (Lipinski definition) is 5. The van der Waals surface area contributed by atoms with Crippen molar-refractivity contribution in [1.29, 1.82) is 0 Å². The van der Waals surface area contributed by atoms with Gasteiger partial charge in [-0.15, -0.1) is 0 Å². The lowest BCUT2D eigenvalue weighted by Gasteiger charge is -2.07. The molecule has 180 valence electrons. The molecule has 30 heavy (non-hydrogen) atoms. The smallest absolute Gasteiger partial charge is 0.111 e. The van der Waals surface area contributed by atoms with Gasteiger partial charge in [0.25, 0.3) is 0 Å². The molecule has 5 nitrogen and oxygen atoms in total. The van der Waals surface area contributed by atoms with Crippen molar-refractivity contribution in [3.63, 3.8) is 0 Å². The molecular formula is C25H50O5. The maximum atomic E-state index is 5.62. The molecule has 0 unspecified atom stereocenters. The zero-order valence-electron chi connectivity index (χ0n) is 19.9. The van der Waals surface area contributed by atoms with Crippen LogP contribution in [-0.2, 0) is 23.7 Å². The Bertz CT molecular complexity index is 312. The lowest BCUT2D eigenvalue weighted by Crippen LogP contribution is -2.13. The van der Waals surface area contributed by atoms with Crippen LogP contribution in [0.5, 0.6) is 0 Å². The zero-order chi connectivity index (χ0) is 21.8. The zero-order valence-corrected chi connectivity index (χ0v) is 19.9. The van der Waals surface area contributed by atoms with Crippen molar-refractivity contribution in [3.8, 4) is 0 Å². The molecule has 0 saturated carbocycles. The van der Waals surface area contributed by atoms with Crippen LogP contribution in [0.4, 0.5) is 0 Å².